The Bertz CT molecular complexity index is 901. The van der Waals surface area contributed by atoms with Crippen LogP contribution in [0, 0.1) is 6.92 Å². The Hall–Kier alpha value is -3.09. The largest absolute Gasteiger partial charge is 0.452 e. The van der Waals surface area contributed by atoms with Gasteiger partial charge in [-0.15, -0.1) is 0 Å². The molecule has 1 N–H and O–H groups in total. The third kappa shape index (κ3) is 6.48. The van der Waals surface area contributed by atoms with Crippen molar-refractivity contribution in [1.29, 1.82) is 0 Å². The molecule has 0 aliphatic rings. The molecule has 0 saturated carbocycles. The molecule has 0 aliphatic carbocycles. The van der Waals surface area contributed by atoms with Crippen LogP contribution in [0.4, 0.5) is 18.9 Å². The molecule has 0 radical (unpaired) electrons. The molecule has 2 aromatic carbocycles. The Labute approximate surface area is 167 Å². The van der Waals surface area contributed by atoms with Gasteiger partial charge in [0.1, 0.15) is 0 Å². The molecule has 0 heterocycles. The molecule has 0 fully saturated rings. The average Bonchev–Trinajstić information content (AvgIpc) is 2.65. The van der Waals surface area contributed by atoms with E-state index in [4.69, 9.17) is 4.74 Å². The van der Waals surface area contributed by atoms with Gasteiger partial charge in [-0.3, -0.25) is 4.79 Å². The van der Waals surface area contributed by atoms with Crippen LogP contribution in [0.15, 0.2) is 48.5 Å². The van der Waals surface area contributed by atoms with E-state index in [9.17, 15) is 22.8 Å². The van der Waals surface area contributed by atoms with Gasteiger partial charge in [-0.2, -0.15) is 13.2 Å². The van der Waals surface area contributed by atoms with Gasteiger partial charge in [0.2, 0.25) is 0 Å². The number of hydrogen-bond donors (Lipinski definition) is 1. The van der Waals surface area contributed by atoms with E-state index in [-0.39, 0.29) is 5.92 Å². The lowest BCUT2D eigenvalue weighted by molar-refractivity contribution is -0.142. The van der Waals surface area contributed by atoms with Crippen LogP contribution in [0.3, 0.4) is 0 Å². The Morgan fingerprint density at radius 1 is 1.10 bits per heavy atom. The highest BCUT2D eigenvalue weighted by molar-refractivity contribution is 5.95. The first-order valence-corrected chi connectivity index (χ1v) is 8.99. The fraction of sp³-hybridized carbons (Fsp3) is 0.273. The molecule has 0 aliphatic heterocycles. The summed E-state index contributed by atoms with van der Waals surface area (Å²) in [5.41, 5.74) is 2.21. The van der Waals surface area contributed by atoms with E-state index in [0.29, 0.717) is 11.3 Å². The summed E-state index contributed by atoms with van der Waals surface area (Å²) in [5.74, 6) is -1.04. The molecule has 2 rings (SSSR count). The summed E-state index contributed by atoms with van der Waals surface area (Å²) in [5, 5.41) is 2.76. The summed E-state index contributed by atoms with van der Waals surface area (Å²) in [4.78, 5) is 23.9. The maximum Gasteiger partial charge on any atom is 0.416 e. The summed E-state index contributed by atoms with van der Waals surface area (Å²) in [6.45, 7) is 5.43. The first kappa shape index (κ1) is 22.2. The number of anilines is 1. The summed E-state index contributed by atoms with van der Waals surface area (Å²) >= 11 is 0. The van der Waals surface area contributed by atoms with Crippen molar-refractivity contribution in [2.24, 2.45) is 0 Å². The predicted molar refractivity (Wildman–Crippen MR) is 105 cm³/mol. The van der Waals surface area contributed by atoms with Gasteiger partial charge < -0.3 is 10.1 Å². The first-order chi connectivity index (χ1) is 13.6. The molecular formula is C22H22F3NO3. The monoisotopic (exact) mass is 405 g/mol. The normalized spacial score (nSPS) is 11.7. The number of nitrogens with one attached hydrogen (secondary N) is 1. The number of ether oxygens (including phenoxy) is 1. The van der Waals surface area contributed by atoms with Crippen LogP contribution in [-0.4, -0.2) is 18.5 Å². The molecule has 0 aromatic heterocycles. The highest BCUT2D eigenvalue weighted by Crippen LogP contribution is 2.29. The quantitative estimate of drug-likeness (QED) is 0.522. The molecule has 154 valence electrons. The summed E-state index contributed by atoms with van der Waals surface area (Å²) < 4.78 is 42.5. The predicted octanol–water partition coefficient (Wildman–Crippen LogP) is 5.33. The zero-order valence-corrected chi connectivity index (χ0v) is 16.3. The first-order valence-electron chi connectivity index (χ1n) is 8.99. The van der Waals surface area contributed by atoms with Crippen LogP contribution in [-0.2, 0) is 20.5 Å². The zero-order chi connectivity index (χ0) is 21.6. The minimum atomic E-state index is -4.42. The van der Waals surface area contributed by atoms with Crippen molar-refractivity contribution in [3.8, 4) is 0 Å². The fourth-order valence-electron chi connectivity index (χ4n) is 2.65. The standard InChI is InChI=1S/C22H22F3NO3/c1-14(2)18-6-4-5-15(3)21(18)26-19(27)13-29-20(28)12-9-16-7-10-17(11-8-16)22(23,24)25/h4-12,14H,13H2,1-3H3,(H,26,27)/b12-9+. The van der Waals surface area contributed by atoms with Crippen molar-refractivity contribution < 1.29 is 27.5 Å². The van der Waals surface area contributed by atoms with Gasteiger partial charge in [0.15, 0.2) is 6.61 Å². The lowest BCUT2D eigenvalue weighted by Gasteiger charge is -2.16. The lowest BCUT2D eigenvalue weighted by Crippen LogP contribution is -2.21. The fourth-order valence-corrected chi connectivity index (χ4v) is 2.65. The highest BCUT2D eigenvalue weighted by Gasteiger charge is 2.29. The number of alkyl halides is 3. The van der Waals surface area contributed by atoms with Crippen molar-refractivity contribution >= 4 is 23.6 Å². The SMILES string of the molecule is Cc1cccc(C(C)C)c1NC(=O)COC(=O)/C=C/c1ccc(C(F)(F)F)cc1. The van der Waals surface area contributed by atoms with Crippen LogP contribution < -0.4 is 5.32 Å². The van der Waals surface area contributed by atoms with E-state index in [0.717, 1.165) is 29.3 Å². The van der Waals surface area contributed by atoms with Crippen molar-refractivity contribution in [2.45, 2.75) is 32.9 Å². The molecule has 0 bridgehead atoms. The number of rotatable bonds is 6. The number of para-hydroxylation sites is 1. The molecular weight excluding hydrogens is 383 g/mol. The van der Waals surface area contributed by atoms with E-state index in [1.165, 1.54) is 18.2 Å². The number of halogens is 3. The van der Waals surface area contributed by atoms with Crippen LogP contribution in [0.2, 0.25) is 0 Å². The molecule has 29 heavy (non-hydrogen) atoms. The number of hydrogen-bond acceptors (Lipinski definition) is 3. The second kappa shape index (κ2) is 9.41. The van der Waals surface area contributed by atoms with Gasteiger partial charge in [-0.1, -0.05) is 44.2 Å². The van der Waals surface area contributed by atoms with E-state index in [1.807, 2.05) is 39.0 Å². The van der Waals surface area contributed by atoms with Crippen LogP contribution in [0.25, 0.3) is 6.08 Å². The minimum absolute atomic E-state index is 0.208. The topological polar surface area (TPSA) is 55.4 Å². The Kier molecular flexibility index (Phi) is 7.20. The molecule has 7 heteroatoms. The van der Waals surface area contributed by atoms with Gasteiger partial charge in [-0.05, 0) is 47.7 Å². The van der Waals surface area contributed by atoms with Crippen LogP contribution >= 0.6 is 0 Å². The Morgan fingerprint density at radius 2 is 1.76 bits per heavy atom. The summed E-state index contributed by atoms with van der Waals surface area (Å²) in [6.07, 6.45) is -2.04. The molecule has 2 aromatic rings. The maximum absolute atomic E-state index is 12.5. The number of esters is 1. The van der Waals surface area contributed by atoms with E-state index in [2.05, 4.69) is 5.32 Å². The van der Waals surface area contributed by atoms with Gasteiger partial charge in [-0.25, -0.2) is 4.79 Å². The second-order valence-corrected chi connectivity index (χ2v) is 6.80. The highest BCUT2D eigenvalue weighted by atomic mass is 19.4. The number of amides is 1. The third-order valence-electron chi connectivity index (χ3n) is 4.19. The molecule has 1 amide bonds. The van der Waals surface area contributed by atoms with Crippen molar-refractivity contribution in [1.82, 2.24) is 0 Å². The smallest absolute Gasteiger partial charge is 0.416 e. The van der Waals surface area contributed by atoms with Crippen molar-refractivity contribution in [3.05, 3.63) is 70.8 Å². The number of benzene rings is 2. The Balaban J connectivity index is 1.91. The minimum Gasteiger partial charge on any atom is -0.452 e. The van der Waals surface area contributed by atoms with E-state index in [1.54, 1.807) is 0 Å². The van der Waals surface area contributed by atoms with Crippen LogP contribution in [0.5, 0.6) is 0 Å². The van der Waals surface area contributed by atoms with E-state index >= 15 is 0 Å². The summed E-state index contributed by atoms with van der Waals surface area (Å²) in [6, 6.07) is 10.0. The number of aryl methyl sites for hydroxylation is 1. The third-order valence-corrected chi connectivity index (χ3v) is 4.19. The Morgan fingerprint density at radius 3 is 2.34 bits per heavy atom. The molecule has 0 saturated heterocycles. The second-order valence-electron chi connectivity index (χ2n) is 6.80. The van der Waals surface area contributed by atoms with Gasteiger partial charge >= 0.3 is 12.1 Å². The van der Waals surface area contributed by atoms with Crippen molar-refractivity contribution in [3.63, 3.8) is 0 Å². The number of carbonyl (C=O) groups excluding carboxylic acids is 2. The maximum atomic E-state index is 12.5. The van der Waals surface area contributed by atoms with E-state index < -0.39 is 30.2 Å². The lowest BCUT2D eigenvalue weighted by atomic mass is 9.98. The molecule has 0 unspecified atom stereocenters. The number of carbonyl (C=O) groups is 2. The molecule has 0 spiro atoms. The average molecular weight is 405 g/mol. The summed E-state index contributed by atoms with van der Waals surface area (Å²) in [7, 11) is 0. The van der Waals surface area contributed by atoms with Crippen molar-refractivity contribution in [2.75, 3.05) is 11.9 Å². The van der Waals surface area contributed by atoms with Crippen LogP contribution in [0.1, 0.15) is 42.0 Å². The molecule has 0 atom stereocenters. The van der Waals surface area contributed by atoms with Gasteiger partial charge in [0, 0.05) is 11.8 Å². The zero-order valence-electron chi connectivity index (χ0n) is 16.3. The molecule has 4 nitrogen and oxygen atoms in total. The van der Waals surface area contributed by atoms with Gasteiger partial charge in [0.05, 0.1) is 5.56 Å². The van der Waals surface area contributed by atoms with Gasteiger partial charge in [0.25, 0.3) is 5.91 Å².